The van der Waals surface area contributed by atoms with Gasteiger partial charge in [-0.3, -0.25) is 13.9 Å². The molecular formula is C22H24N2O3. The average molecular weight is 364 g/mol. The average Bonchev–Trinajstić information content (AvgIpc) is 2.67. The summed E-state index contributed by atoms with van der Waals surface area (Å²) in [5.41, 5.74) is 3.02. The van der Waals surface area contributed by atoms with Crippen molar-refractivity contribution in [1.29, 1.82) is 0 Å². The number of nitrogens with zero attached hydrogens (tertiary/aromatic N) is 2. The number of rotatable bonds is 5. The monoisotopic (exact) mass is 364 g/mol. The molecule has 0 aliphatic carbocycles. The molecule has 1 heterocycles. The van der Waals surface area contributed by atoms with Crippen molar-refractivity contribution in [2.24, 2.45) is 0 Å². The third kappa shape index (κ3) is 3.87. The highest BCUT2D eigenvalue weighted by molar-refractivity contribution is 5.28. The quantitative estimate of drug-likeness (QED) is 0.698. The van der Waals surface area contributed by atoms with Crippen LogP contribution in [0.25, 0.3) is 0 Å². The van der Waals surface area contributed by atoms with Gasteiger partial charge in [-0.2, -0.15) is 0 Å². The van der Waals surface area contributed by atoms with E-state index >= 15 is 0 Å². The van der Waals surface area contributed by atoms with Gasteiger partial charge in [-0.25, -0.2) is 4.79 Å². The lowest BCUT2D eigenvalue weighted by atomic mass is 10.1. The predicted molar refractivity (Wildman–Crippen MR) is 107 cm³/mol. The lowest BCUT2D eigenvalue weighted by Gasteiger charge is -2.18. The van der Waals surface area contributed by atoms with Crippen LogP contribution in [0.2, 0.25) is 0 Å². The summed E-state index contributed by atoms with van der Waals surface area (Å²) in [7, 11) is 1.62. The molecule has 0 aliphatic heterocycles. The molecule has 2 aromatic carbocycles. The largest absolute Gasteiger partial charge is 0.497 e. The second kappa shape index (κ2) is 7.66. The zero-order valence-electron chi connectivity index (χ0n) is 16.1. The van der Waals surface area contributed by atoms with Gasteiger partial charge >= 0.3 is 5.69 Å². The van der Waals surface area contributed by atoms with Crippen LogP contribution in [0.3, 0.4) is 0 Å². The molecule has 0 spiro atoms. The molecule has 5 nitrogen and oxygen atoms in total. The molecule has 140 valence electrons. The van der Waals surface area contributed by atoms with E-state index in [1.807, 2.05) is 62.4 Å². The Balaban J connectivity index is 2.03. The molecule has 0 radical (unpaired) electrons. The zero-order valence-corrected chi connectivity index (χ0v) is 16.1. The molecule has 0 amide bonds. The van der Waals surface area contributed by atoms with Gasteiger partial charge in [-0.1, -0.05) is 42.0 Å². The first kappa shape index (κ1) is 18.7. The fourth-order valence-electron chi connectivity index (χ4n) is 3.14. The van der Waals surface area contributed by atoms with E-state index in [2.05, 4.69) is 0 Å². The minimum absolute atomic E-state index is 0.251. The molecule has 5 heteroatoms. The van der Waals surface area contributed by atoms with Crippen LogP contribution in [0.15, 0.2) is 64.3 Å². The van der Waals surface area contributed by atoms with Crippen LogP contribution in [-0.2, 0) is 6.54 Å². The van der Waals surface area contributed by atoms with E-state index in [1.165, 1.54) is 4.57 Å². The molecule has 0 saturated heterocycles. The molecular weight excluding hydrogens is 340 g/mol. The molecule has 27 heavy (non-hydrogen) atoms. The van der Waals surface area contributed by atoms with Gasteiger partial charge in [0.15, 0.2) is 0 Å². The van der Waals surface area contributed by atoms with Crippen molar-refractivity contribution < 1.29 is 4.74 Å². The summed E-state index contributed by atoms with van der Waals surface area (Å²) in [5, 5.41) is 0. The van der Waals surface area contributed by atoms with Crippen molar-refractivity contribution in [3.05, 3.63) is 97.8 Å². The molecule has 1 atom stereocenters. The second-order valence-electron chi connectivity index (χ2n) is 6.83. The summed E-state index contributed by atoms with van der Waals surface area (Å²) in [6, 6.07) is 15.1. The Morgan fingerprint density at radius 1 is 0.963 bits per heavy atom. The molecule has 0 N–H and O–H groups in total. The molecule has 1 unspecified atom stereocenters. The molecule has 0 fully saturated rings. The topological polar surface area (TPSA) is 53.2 Å². The van der Waals surface area contributed by atoms with Crippen LogP contribution in [0, 0.1) is 13.8 Å². The van der Waals surface area contributed by atoms with Crippen LogP contribution in [0.1, 0.15) is 35.2 Å². The smallest absolute Gasteiger partial charge is 0.331 e. The lowest BCUT2D eigenvalue weighted by Crippen LogP contribution is -2.42. The first-order valence-electron chi connectivity index (χ1n) is 8.93. The zero-order chi connectivity index (χ0) is 19.6. The Kier molecular flexibility index (Phi) is 5.31. The molecule has 0 aliphatic rings. The minimum atomic E-state index is -0.340. The van der Waals surface area contributed by atoms with Crippen LogP contribution in [-0.4, -0.2) is 16.2 Å². The van der Waals surface area contributed by atoms with Crippen molar-refractivity contribution in [2.45, 2.75) is 33.4 Å². The Morgan fingerprint density at radius 3 is 2.19 bits per heavy atom. The minimum Gasteiger partial charge on any atom is -0.497 e. The van der Waals surface area contributed by atoms with Gasteiger partial charge in [0.05, 0.1) is 19.7 Å². The van der Waals surface area contributed by atoms with E-state index < -0.39 is 0 Å². The molecule has 1 aromatic heterocycles. The highest BCUT2D eigenvalue weighted by Crippen LogP contribution is 2.16. The van der Waals surface area contributed by atoms with Gasteiger partial charge in [-0.05, 0) is 44.0 Å². The maximum atomic E-state index is 13.1. The standard InChI is InChI=1S/C22H24N2O3/c1-15-5-9-19(10-6-15)17(3)24-21(25)16(2)13-23(22(24)26)14-18-7-11-20(27-4)12-8-18/h5-13,17H,14H2,1-4H3. The Bertz CT molecular complexity index is 1040. The fourth-order valence-corrected chi connectivity index (χ4v) is 3.14. The van der Waals surface area contributed by atoms with E-state index in [0.29, 0.717) is 12.1 Å². The van der Waals surface area contributed by atoms with Gasteiger partial charge in [0, 0.05) is 11.8 Å². The molecule has 3 rings (SSSR count). The lowest BCUT2D eigenvalue weighted by molar-refractivity contribution is 0.414. The third-order valence-corrected chi connectivity index (χ3v) is 4.82. The Labute approximate surface area is 158 Å². The number of ether oxygens (including phenoxy) is 1. The van der Waals surface area contributed by atoms with Crippen molar-refractivity contribution >= 4 is 0 Å². The highest BCUT2D eigenvalue weighted by Gasteiger charge is 2.16. The summed E-state index contributed by atoms with van der Waals surface area (Å²) in [6.45, 7) is 6.02. The van der Waals surface area contributed by atoms with Crippen LogP contribution >= 0.6 is 0 Å². The molecule has 0 bridgehead atoms. The van der Waals surface area contributed by atoms with Gasteiger partial charge in [0.2, 0.25) is 0 Å². The van der Waals surface area contributed by atoms with E-state index in [9.17, 15) is 9.59 Å². The van der Waals surface area contributed by atoms with E-state index in [4.69, 9.17) is 4.74 Å². The number of hydrogen-bond acceptors (Lipinski definition) is 3. The summed E-state index contributed by atoms with van der Waals surface area (Å²) in [4.78, 5) is 25.7. The van der Waals surface area contributed by atoms with Crippen molar-refractivity contribution in [3.63, 3.8) is 0 Å². The maximum absolute atomic E-state index is 13.1. The number of hydrogen-bond donors (Lipinski definition) is 0. The van der Waals surface area contributed by atoms with Crippen LogP contribution < -0.4 is 16.0 Å². The third-order valence-electron chi connectivity index (χ3n) is 4.82. The fraction of sp³-hybridized carbons (Fsp3) is 0.273. The summed E-state index contributed by atoms with van der Waals surface area (Å²) in [6.07, 6.45) is 1.63. The van der Waals surface area contributed by atoms with Gasteiger partial charge in [0.25, 0.3) is 5.56 Å². The van der Waals surface area contributed by atoms with Crippen molar-refractivity contribution in [2.75, 3.05) is 7.11 Å². The highest BCUT2D eigenvalue weighted by atomic mass is 16.5. The van der Waals surface area contributed by atoms with Gasteiger partial charge in [0.1, 0.15) is 5.75 Å². The Hall–Kier alpha value is -3.08. The number of aryl methyl sites for hydroxylation is 2. The maximum Gasteiger partial charge on any atom is 0.331 e. The normalized spacial score (nSPS) is 12.0. The summed E-state index contributed by atoms with van der Waals surface area (Å²) >= 11 is 0. The number of benzene rings is 2. The summed E-state index contributed by atoms with van der Waals surface area (Å²) < 4.78 is 8.10. The van der Waals surface area contributed by atoms with Gasteiger partial charge in [-0.15, -0.1) is 0 Å². The van der Waals surface area contributed by atoms with Crippen LogP contribution in [0.4, 0.5) is 0 Å². The van der Waals surface area contributed by atoms with Crippen LogP contribution in [0.5, 0.6) is 5.75 Å². The predicted octanol–water partition coefficient (Wildman–Crippen LogP) is 3.29. The van der Waals surface area contributed by atoms with E-state index in [1.54, 1.807) is 24.8 Å². The van der Waals surface area contributed by atoms with E-state index in [0.717, 1.165) is 22.4 Å². The first-order chi connectivity index (χ1) is 12.9. The van der Waals surface area contributed by atoms with E-state index in [-0.39, 0.29) is 17.3 Å². The van der Waals surface area contributed by atoms with Gasteiger partial charge < -0.3 is 4.74 Å². The molecule has 3 aromatic rings. The van der Waals surface area contributed by atoms with Crippen molar-refractivity contribution in [1.82, 2.24) is 9.13 Å². The number of methoxy groups -OCH3 is 1. The second-order valence-corrected chi connectivity index (χ2v) is 6.83. The van der Waals surface area contributed by atoms with Crippen molar-refractivity contribution in [3.8, 4) is 5.75 Å². The first-order valence-corrected chi connectivity index (χ1v) is 8.93. The Morgan fingerprint density at radius 2 is 1.59 bits per heavy atom. The summed E-state index contributed by atoms with van der Waals surface area (Å²) in [5.74, 6) is 0.764. The number of aromatic nitrogens is 2. The SMILES string of the molecule is COc1ccc(Cn2cc(C)c(=O)n(C(C)c3ccc(C)cc3)c2=O)cc1. The molecule has 0 saturated carbocycles.